The summed E-state index contributed by atoms with van der Waals surface area (Å²) in [5.41, 5.74) is 5.20. The van der Waals surface area contributed by atoms with Gasteiger partial charge in [-0.1, -0.05) is 99.6 Å². The number of hydrogen-bond acceptors (Lipinski definition) is 3. The minimum absolute atomic E-state index is 0. The van der Waals surface area contributed by atoms with Crippen molar-refractivity contribution in [3.05, 3.63) is 89.3 Å². The van der Waals surface area contributed by atoms with Gasteiger partial charge in [0, 0.05) is 43.2 Å². The molecule has 0 unspecified atom stereocenters. The number of aryl methyl sites for hydroxylation is 2. The molecular formula is C37H46IrNO2-. The van der Waals surface area contributed by atoms with Gasteiger partial charge in [-0.05, 0) is 57.6 Å². The quantitative estimate of drug-likeness (QED) is 0.0892. The van der Waals surface area contributed by atoms with Gasteiger partial charge < -0.3 is 10.1 Å². The molecule has 1 aromatic heterocycles. The first-order valence-corrected chi connectivity index (χ1v) is 14.5. The second-order valence-corrected chi connectivity index (χ2v) is 12.5. The normalized spacial score (nSPS) is 12.2. The van der Waals surface area contributed by atoms with Crippen LogP contribution >= 0.6 is 0 Å². The Bertz CT molecular complexity index is 1530. The molecule has 0 fully saturated rings. The van der Waals surface area contributed by atoms with Crippen LogP contribution in [0.3, 0.4) is 0 Å². The standard InChI is InChI=1S/C24H22N.C13H24O2.Ir/c1-15(2)20-6-5-7-22-21(20)9-8-18-10-11-25-24(23(18)22)19-13-16(3)12-17(4)14-19;1-7-12(3,4)10(14)9-11(15)13(5,6)8-2;/h5-13,15H,1-4H3;9,14H,7-8H2,1-6H3;/q-1;;/b;10-9-;. The van der Waals surface area contributed by atoms with Crippen LogP contribution in [0.5, 0.6) is 0 Å². The molecule has 1 radical (unpaired) electrons. The van der Waals surface area contributed by atoms with E-state index < -0.39 is 0 Å². The number of rotatable bonds is 7. The molecule has 0 aliphatic heterocycles. The van der Waals surface area contributed by atoms with Crippen molar-refractivity contribution in [2.24, 2.45) is 10.8 Å². The number of allylic oxidation sites excluding steroid dienone is 2. The van der Waals surface area contributed by atoms with E-state index in [1.54, 1.807) is 0 Å². The van der Waals surface area contributed by atoms with Crippen molar-refractivity contribution in [1.29, 1.82) is 0 Å². The van der Waals surface area contributed by atoms with Gasteiger partial charge in [0.1, 0.15) is 5.76 Å². The first-order chi connectivity index (χ1) is 18.7. The van der Waals surface area contributed by atoms with Crippen LogP contribution in [0.1, 0.15) is 90.8 Å². The van der Waals surface area contributed by atoms with E-state index in [0.717, 1.165) is 29.7 Å². The first kappa shape index (κ1) is 34.4. The number of aromatic nitrogens is 1. The second-order valence-electron chi connectivity index (χ2n) is 12.5. The maximum absolute atomic E-state index is 11.8. The Hall–Kier alpha value is -2.81. The summed E-state index contributed by atoms with van der Waals surface area (Å²) in [5, 5.41) is 14.9. The molecule has 41 heavy (non-hydrogen) atoms. The predicted octanol–water partition coefficient (Wildman–Crippen LogP) is 10.5. The molecule has 1 heterocycles. The molecule has 0 bridgehead atoms. The Kier molecular flexibility index (Phi) is 11.7. The minimum atomic E-state index is -0.377. The van der Waals surface area contributed by atoms with Gasteiger partial charge in [0.15, 0.2) is 5.78 Å². The Labute approximate surface area is 260 Å². The summed E-state index contributed by atoms with van der Waals surface area (Å²) >= 11 is 0. The average Bonchev–Trinajstić information content (AvgIpc) is 2.91. The third kappa shape index (κ3) is 7.93. The fourth-order valence-electron chi connectivity index (χ4n) is 4.66. The van der Waals surface area contributed by atoms with Crippen LogP contribution in [0, 0.1) is 30.7 Å². The molecular weight excluding hydrogens is 683 g/mol. The molecule has 0 amide bonds. The van der Waals surface area contributed by atoms with Crippen LogP contribution < -0.4 is 0 Å². The molecule has 4 rings (SSSR count). The summed E-state index contributed by atoms with van der Waals surface area (Å²) in [6, 6.07) is 21.0. The largest absolute Gasteiger partial charge is 0.512 e. The van der Waals surface area contributed by atoms with Gasteiger partial charge in [0.05, 0.1) is 0 Å². The van der Waals surface area contributed by atoms with Crippen molar-refractivity contribution in [3.63, 3.8) is 0 Å². The zero-order valence-corrected chi connectivity index (χ0v) is 28.8. The molecule has 0 spiro atoms. The van der Waals surface area contributed by atoms with E-state index in [1.807, 2.05) is 47.7 Å². The summed E-state index contributed by atoms with van der Waals surface area (Å²) in [6.07, 6.45) is 4.89. The zero-order valence-electron chi connectivity index (χ0n) is 26.4. The topological polar surface area (TPSA) is 50.2 Å². The van der Waals surface area contributed by atoms with E-state index in [4.69, 9.17) is 4.98 Å². The molecule has 0 saturated carbocycles. The Morgan fingerprint density at radius 3 is 2.20 bits per heavy atom. The van der Waals surface area contributed by atoms with Gasteiger partial charge in [0.2, 0.25) is 0 Å². The Morgan fingerprint density at radius 1 is 0.951 bits per heavy atom. The maximum atomic E-state index is 11.8. The third-order valence-corrected chi connectivity index (χ3v) is 8.24. The van der Waals surface area contributed by atoms with Gasteiger partial charge in [-0.3, -0.25) is 4.79 Å². The van der Waals surface area contributed by atoms with Crippen molar-refractivity contribution in [1.82, 2.24) is 4.98 Å². The zero-order chi connectivity index (χ0) is 29.8. The fourth-order valence-corrected chi connectivity index (χ4v) is 4.66. The van der Waals surface area contributed by atoms with E-state index in [9.17, 15) is 9.90 Å². The number of aliphatic hydroxyl groups excluding tert-OH is 1. The maximum Gasteiger partial charge on any atom is 0.164 e. The summed E-state index contributed by atoms with van der Waals surface area (Å²) in [4.78, 5) is 16.6. The molecule has 0 aliphatic carbocycles. The van der Waals surface area contributed by atoms with Gasteiger partial charge in [0.25, 0.3) is 0 Å². The Balaban J connectivity index is 0.000000320. The third-order valence-electron chi connectivity index (χ3n) is 8.24. The van der Waals surface area contributed by atoms with Gasteiger partial charge in [-0.25, -0.2) is 0 Å². The van der Waals surface area contributed by atoms with Crippen molar-refractivity contribution in [2.45, 2.75) is 88.0 Å². The number of carbonyl (C=O) groups excluding carboxylic acids is 1. The van der Waals surface area contributed by atoms with Crippen LogP contribution in [0.4, 0.5) is 0 Å². The summed E-state index contributed by atoms with van der Waals surface area (Å²) in [7, 11) is 0. The van der Waals surface area contributed by atoms with Crippen LogP contribution in [-0.2, 0) is 24.9 Å². The van der Waals surface area contributed by atoms with E-state index in [1.165, 1.54) is 38.7 Å². The van der Waals surface area contributed by atoms with Crippen molar-refractivity contribution < 1.29 is 30.0 Å². The fraction of sp³-hybridized carbons (Fsp3) is 0.405. The molecule has 4 heteroatoms. The number of ketones is 1. The molecule has 0 atom stereocenters. The van der Waals surface area contributed by atoms with Crippen LogP contribution in [0.15, 0.2) is 66.6 Å². The number of hydrogen-bond donors (Lipinski definition) is 1. The first-order valence-electron chi connectivity index (χ1n) is 14.5. The van der Waals surface area contributed by atoms with Crippen molar-refractivity contribution >= 4 is 27.3 Å². The SMILES string of the molecule is CCC(C)(C)C(=O)/C=C(\O)C(C)(C)CC.Cc1[c-]c(-c2nccc3ccc4c(C(C)C)cccc4c23)cc(C)c1.[Ir]. The van der Waals surface area contributed by atoms with Gasteiger partial charge in [-0.2, -0.15) is 0 Å². The minimum Gasteiger partial charge on any atom is -0.512 e. The monoisotopic (exact) mass is 729 g/mol. The Morgan fingerprint density at radius 2 is 1.61 bits per heavy atom. The van der Waals surface area contributed by atoms with Gasteiger partial charge >= 0.3 is 0 Å². The molecule has 0 saturated heterocycles. The molecule has 0 aliphatic rings. The van der Waals surface area contributed by atoms with E-state index in [2.05, 4.69) is 82.3 Å². The predicted molar refractivity (Wildman–Crippen MR) is 171 cm³/mol. The summed E-state index contributed by atoms with van der Waals surface area (Å²) in [5.74, 6) is 0.689. The van der Waals surface area contributed by atoms with Crippen molar-refractivity contribution in [3.8, 4) is 11.3 Å². The summed E-state index contributed by atoms with van der Waals surface area (Å²) < 4.78 is 0. The number of fused-ring (bicyclic) bond motifs is 3. The van der Waals surface area contributed by atoms with E-state index >= 15 is 0 Å². The number of pyridine rings is 1. The number of nitrogens with zero attached hydrogens (tertiary/aromatic N) is 1. The van der Waals surface area contributed by atoms with Gasteiger partial charge in [-0.15, -0.1) is 34.9 Å². The number of carbonyl (C=O) groups is 1. The number of benzene rings is 3. The summed E-state index contributed by atoms with van der Waals surface area (Å²) in [6.45, 7) is 20.4. The molecule has 1 N–H and O–H groups in total. The smallest absolute Gasteiger partial charge is 0.164 e. The van der Waals surface area contributed by atoms with Crippen LogP contribution in [-0.4, -0.2) is 15.9 Å². The second kappa shape index (κ2) is 13.9. The molecule has 221 valence electrons. The molecule has 4 aromatic rings. The van der Waals surface area contributed by atoms with Crippen molar-refractivity contribution in [2.75, 3.05) is 0 Å². The number of aliphatic hydroxyl groups is 1. The van der Waals surface area contributed by atoms with E-state index in [-0.39, 0.29) is 42.5 Å². The van der Waals surface area contributed by atoms with Crippen LogP contribution in [0.2, 0.25) is 0 Å². The van der Waals surface area contributed by atoms with Crippen LogP contribution in [0.25, 0.3) is 32.8 Å². The average molecular weight is 729 g/mol. The van der Waals surface area contributed by atoms with E-state index in [0.29, 0.717) is 5.92 Å². The molecule has 3 nitrogen and oxygen atoms in total. The molecule has 3 aromatic carbocycles.